The predicted molar refractivity (Wildman–Crippen MR) is 136 cm³/mol. The minimum Gasteiger partial charge on any atom is -0.323 e. The topological polar surface area (TPSA) is 92.2 Å². The zero-order chi connectivity index (χ0) is 23.2. The van der Waals surface area contributed by atoms with E-state index in [0.29, 0.717) is 41.5 Å². The average Bonchev–Trinajstić information content (AvgIpc) is 3.23. The number of hydrogen-bond acceptors (Lipinski definition) is 7. The first-order chi connectivity index (χ1) is 16.5. The number of anilines is 1. The van der Waals surface area contributed by atoms with Crippen molar-refractivity contribution in [1.82, 2.24) is 24.8 Å². The molecule has 1 amide bonds. The number of piperidine rings is 1. The Hall–Kier alpha value is -2.53. The lowest BCUT2D eigenvalue weighted by Gasteiger charge is -2.34. The third-order valence-corrected chi connectivity index (χ3v) is 7.99. The van der Waals surface area contributed by atoms with E-state index in [1.807, 2.05) is 12.3 Å². The molecule has 0 saturated carbocycles. The van der Waals surface area contributed by atoms with E-state index in [1.54, 1.807) is 10.6 Å². The van der Waals surface area contributed by atoms with Crippen LogP contribution in [0.5, 0.6) is 0 Å². The number of carbonyl (C=O) groups is 1. The summed E-state index contributed by atoms with van der Waals surface area (Å²) in [5, 5.41) is 7.38. The number of fused-ring (bicyclic) bond motifs is 1. The Bertz CT molecular complexity index is 1340. The summed E-state index contributed by atoms with van der Waals surface area (Å²) in [5.74, 6) is 0.0664. The lowest BCUT2D eigenvalue weighted by atomic mass is 9.98. The number of hydrogen-bond donors (Lipinski definition) is 2. The maximum atomic E-state index is 14.7. The fraction of sp³-hybridized carbons (Fsp3) is 0.417. The first kappa shape index (κ1) is 24.2. The van der Waals surface area contributed by atoms with Crippen LogP contribution in [0.4, 0.5) is 10.1 Å². The fourth-order valence-corrected chi connectivity index (χ4v) is 6.04. The van der Waals surface area contributed by atoms with Crippen LogP contribution in [0.25, 0.3) is 11.0 Å². The number of likely N-dealkylation sites (tertiary alicyclic amines) is 1. The summed E-state index contributed by atoms with van der Waals surface area (Å²) in [5.41, 5.74) is 3.72. The molecule has 3 aliphatic heterocycles. The highest BCUT2D eigenvalue weighted by Gasteiger charge is 2.31. The number of thioether (sulfide) groups is 1. The highest BCUT2D eigenvalue weighted by atomic mass is 35.5. The SMILES string of the molecule is Cl.O=C1CSc2ncc(CNC3CCN(C[C@@H]4Cn5c(=O)ccc6ncc(F)c4c65)CC3)cc2N1. The van der Waals surface area contributed by atoms with Crippen LogP contribution in [0.1, 0.15) is 29.9 Å². The molecule has 3 aliphatic rings. The smallest absolute Gasteiger partial charge is 0.251 e. The van der Waals surface area contributed by atoms with Gasteiger partial charge in [0, 0.05) is 49.4 Å². The molecule has 0 spiro atoms. The van der Waals surface area contributed by atoms with Gasteiger partial charge in [0.05, 0.1) is 28.7 Å². The van der Waals surface area contributed by atoms with E-state index in [4.69, 9.17) is 0 Å². The van der Waals surface area contributed by atoms with Gasteiger partial charge in [-0.05, 0) is 43.6 Å². The lowest BCUT2D eigenvalue weighted by Crippen LogP contribution is -2.43. The maximum Gasteiger partial charge on any atom is 0.251 e. The van der Waals surface area contributed by atoms with Crippen LogP contribution in [-0.4, -0.2) is 56.8 Å². The third kappa shape index (κ3) is 4.67. The Morgan fingerprint density at radius 1 is 1.17 bits per heavy atom. The maximum absolute atomic E-state index is 14.7. The van der Waals surface area contributed by atoms with Gasteiger partial charge < -0.3 is 20.1 Å². The van der Waals surface area contributed by atoms with Crippen LogP contribution in [0, 0.1) is 5.82 Å². The molecule has 1 atom stereocenters. The molecule has 0 aromatic carbocycles. The van der Waals surface area contributed by atoms with Crippen LogP contribution in [-0.2, 0) is 17.9 Å². The van der Waals surface area contributed by atoms with Crippen molar-refractivity contribution in [3.05, 3.63) is 57.9 Å². The first-order valence-corrected chi connectivity index (χ1v) is 12.6. The first-order valence-electron chi connectivity index (χ1n) is 11.6. The van der Waals surface area contributed by atoms with Crippen LogP contribution >= 0.6 is 24.2 Å². The minimum absolute atomic E-state index is 0. The Morgan fingerprint density at radius 3 is 2.83 bits per heavy atom. The van der Waals surface area contributed by atoms with Gasteiger partial charge in [-0.25, -0.2) is 9.37 Å². The Morgan fingerprint density at radius 2 is 2.00 bits per heavy atom. The zero-order valence-corrected chi connectivity index (χ0v) is 20.6. The molecule has 0 aliphatic carbocycles. The molecule has 1 fully saturated rings. The van der Waals surface area contributed by atoms with Crippen molar-refractivity contribution in [2.24, 2.45) is 0 Å². The van der Waals surface area contributed by atoms with Gasteiger partial charge in [0.25, 0.3) is 5.56 Å². The molecule has 2 N–H and O–H groups in total. The van der Waals surface area contributed by atoms with Gasteiger partial charge in [-0.3, -0.25) is 14.6 Å². The van der Waals surface area contributed by atoms with Crippen molar-refractivity contribution >= 4 is 46.8 Å². The van der Waals surface area contributed by atoms with Crippen molar-refractivity contribution in [1.29, 1.82) is 0 Å². The number of carbonyl (C=O) groups excluding carboxylic acids is 1. The van der Waals surface area contributed by atoms with Crippen molar-refractivity contribution in [3.8, 4) is 0 Å². The second-order valence-electron chi connectivity index (χ2n) is 9.22. The van der Waals surface area contributed by atoms with E-state index >= 15 is 0 Å². The van der Waals surface area contributed by atoms with E-state index in [2.05, 4.69) is 25.5 Å². The number of nitrogens with zero attached hydrogens (tertiary/aromatic N) is 4. The average molecular weight is 517 g/mol. The standard InChI is InChI=1S/C24H25FN6O2S.ClH/c25-17-10-27-18-1-2-21(33)31-12-15(22(17)23(18)31)11-30-5-3-16(4-6-30)26-8-14-7-19-24(28-9-14)34-13-20(32)29-19;/h1-2,7,9-10,15-16,26H,3-6,8,11-13H2,(H,29,32);1H/t15-;/m1./s1. The van der Waals surface area contributed by atoms with E-state index in [9.17, 15) is 14.0 Å². The van der Waals surface area contributed by atoms with Crippen LogP contribution in [0.2, 0.25) is 0 Å². The van der Waals surface area contributed by atoms with Gasteiger partial charge in [-0.15, -0.1) is 12.4 Å². The molecule has 0 bridgehead atoms. The third-order valence-electron chi connectivity index (χ3n) is 6.99. The molecule has 1 saturated heterocycles. The fourth-order valence-electron chi connectivity index (χ4n) is 5.30. The number of rotatable bonds is 5. The van der Waals surface area contributed by atoms with Crippen molar-refractivity contribution in [2.45, 2.75) is 42.9 Å². The molecule has 6 rings (SSSR count). The quantitative estimate of drug-likeness (QED) is 0.538. The zero-order valence-electron chi connectivity index (χ0n) is 19.0. The van der Waals surface area contributed by atoms with E-state index in [1.165, 1.54) is 24.0 Å². The molecule has 8 nitrogen and oxygen atoms in total. The van der Waals surface area contributed by atoms with E-state index in [0.717, 1.165) is 48.8 Å². The highest BCUT2D eigenvalue weighted by Crippen LogP contribution is 2.34. The second kappa shape index (κ2) is 9.85. The van der Waals surface area contributed by atoms with Gasteiger partial charge in [0.1, 0.15) is 10.8 Å². The molecular formula is C24H26ClFN6O2S. The number of aromatic nitrogens is 3. The van der Waals surface area contributed by atoms with Gasteiger partial charge >= 0.3 is 0 Å². The van der Waals surface area contributed by atoms with Crippen LogP contribution < -0.4 is 16.2 Å². The van der Waals surface area contributed by atoms with Gasteiger partial charge in [-0.2, -0.15) is 0 Å². The molecule has 11 heteroatoms. The van der Waals surface area contributed by atoms with Crippen molar-refractivity contribution in [2.75, 3.05) is 30.7 Å². The summed E-state index contributed by atoms with van der Waals surface area (Å²) in [7, 11) is 0. The molecule has 0 unspecified atom stereocenters. The molecule has 35 heavy (non-hydrogen) atoms. The molecule has 0 radical (unpaired) electrons. The minimum atomic E-state index is -0.320. The molecule has 6 heterocycles. The molecule has 3 aromatic heterocycles. The summed E-state index contributed by atoms with van der Waals surface area (Å²) in [6.07, 6.45) is 5.15. The Labute approximate surface area is 212 Å². The molecule has 3 aromatic rings. The summed E-state index contributed by atoms with van der Waals surface area (Å²) < 4.78 is 16.4. The highest BCUT2D eigenvalue weighted by molar-refractivity contribution is 8.00. The summed E-state index contributed by atoms with van der Waals surface area (Å²) >= 11 is 1.47. The van der Waals surface area contributed by atoms with Gasteiger partial charge in [0.2, 0.25) is 5.91 Å². The number of pyridine rings is 3. The molecule has 184 valence electrons. The summed E-state index contributed by atoms with van der Waals surface area (Å²) in [6.45, 7) is 3.78. The Balaban J connectivity index is 0.00000253. The van der Waals surface area contributed by atoms with E-state index in [-0.39, 0.29) is 35.6 Å². The summed E-state index contributed by atoms with van der Waals surface area (Å²) in [4.78, 5) is 35.0. The van der Waals surface area contributed by atoms with E-state index < -0.39 is 0 Å². The van der Waals surface area contributed by atoms with Crippen LogP contribution in [0.15, 0.2) is 40.4 Å². The normalized spacial score (nSPS) is 19.9. The van der Waals surface area contributed by atoms with Crippen molar-refractivity contribution in [3.63, 3.8) is 0 Å². The largest absolute Gasteiger partial charge is 0.323 e. The number of nitrogens with one attached hydrogen (secondary N) is 2. The van der Waals surface area contributed by atoms with Crippen molar-refractivity contribution < 1.29 is 9.18 Å². The monoisotopic (exact) mass is 516 g/mol. The summed E-state index contributed by atoms with van der Waals surface area (Å²) in [6, 6.07) is 5.59. The van der Waals surface area contributed by atoms with Gasteiger partial charge in [-0.1, -0.05) is 11.8 Å². The van der Waals surface area contributed by atoms with Crippen LogP contribution in [0.3, 0.4) is 0 Å². The predicted octanol–water partition coefficient (Wildman–Crippen LogP) is 2.75. The van der Waals surface area contributed by atoms with Gasteiger partial charge in [0.15, 0.2) is 0 Å². The lowest BCUT2D eigenvalue weighted by molar-refractivity contribution is -0.113. The molecular weight excluding hydrogens is 491 g/mol. The second-order valence-corrected chi connectivity index (χ2v) is 10.2. The number of amides is 1. The number of halogens is 2. The Kier molecular flexibility index (Phi) is 6.80.